The van der Waals surface area contributed by atoms with Gasteiger partial charge in [-0.05, 0) is 6.42 Å². The Morgan fingerprint density at radius 1 is 1.25 bits per heavy atom. The number of nitrogens with zero attached hydrogens (tertiary/aromatic N) is 4. The molecule has 0 N–H and O–H groups in total. The number of sulfone groups is 1. The minimum absolute atomic E-state index is 0.0855. The first-order valence-electron chi connectivity index (χ1n) is 5.97. The van der Waals surface area contributed by atoms with Crippen LogP contribution in [0.1, 0.15) is 30.0 Å². The maximum absolute atomic E-state index is 11.4. The Balaban J connectivity index is 1.62. The van der Waals surface area contributed by atoms with Gasteiger partial charge in [-0.3, -0.25) is 0 Å². The molecule has 1 fully saturated rings. The van der Waals surface area contributed by atoms with E-state index in [-0.39, 0.29) is 17.4 Å². The Kier molecular flexibility index (Phi) is 3.50. The Morgan fingerprint density at radius 2 is 2.10 bits per heavy atom. The molecule has 3 heterocycles. The van der Waals surface area contributed by atoms with Gasteiger partial charge in [0.1, 0.15) is 0 Å². The molecule has 0 spiro atoms. The van der Waals surface area contributed by atoms with Crippen LogP contribution in [0.2, 0.25) is 0 Å². The van der Waals surface area contributed by atoms with Crippen LogP contribution >= 0.6 is 11.8 Å². The van der Waals surface area contributed by atoms with Crippen LogP contribution in [0.4, 0.5) is 0 Å². The van der Waals surface area contributed by atoms with Gasteiger partial charge < -0.3 is 8.83 Å². The summed E-state index contributed by atoms with van der Waals surface area (Å²) >= 11 is 1.28. The molecule has 0 unspecified atom stereocenters. The predicted octanol–water partition coefficient (Wildman–Crippen LogP) is 0.955. The SMILES string of the molecule is Cc1nnc(CSc2nnc([C@H]3CCS(=O)(=O)C3)o2)o1. The quantitative estimate of drug-likeness (QED) is 0.761. The lowest BCUT2D eigenvalue weighted by atomic mass is 10.1. The molecule has 2 aromatic rings. The van der Waals surface area contributed by atoms with E-state index in [9.17, 15) is 8.42 Å². The van der Waals surface area contributed by atoms with Gasteiger partial charge in [0.15, 0.2) is 9.84 Å². The van der Waals surface area contributed by atoms with Crippen molar-refractivity contribution in [2.45, 2.75) is 30.2 Å². The van der Waals surface area contributed by atoms with Gasteiger partial charge in [0.05, 0.1) is 23.2 Å². The van der Waals surface area contributed by atoms with Gasteiger partial charge in [0.25, 0.3) is 5.22 Å². The highest BCUT2D eigenvalue weighted by Crippen LogP contribution is 2.30. The van der Waals surface area contributed by atoms with Crippen molar-refractivity contribution in [2.24, 2.45) is 0 Å². The van der Waals surface area contributed by atoms with Crippen molar-refractivity contribution in [3.05, 3.63) is 17.7 Å². The molecule has 10 heteroatoms. The summed E-state index contributed by atoms with van der Waals surface area (Å²) in [6.45, 7) is 1.71. The van der Waals surface area contributed by atoms with Crippen LogP contribution in [0.3, 0.4) is 0 Å². The Bertz CT molecular complexity index is 708. The summed E-state index contributed by atoms with van der Waals surface area (Å²) in [4.78, 5) is 0. The highest BCUT2D eigenvalue weighted by Gasteiger charge is 2.32. The monoisotopic (exact) mass is 316 g/mol. The number of thioether (sulfide) groups is 1. The van der Waals surface area contributed by atoms with Crippen molar-refractivity contribution in [1.82, 2.24) is 20.4 Å². The molecule has 0 aromatic carbocycles. The van der Waals surface area contributed by atoms with Crippen LogP contribution in [0.15, 0.2) is 14.1 Å². The summed E-state index contributed by atoms with van der Waals surface area (Å²) in [5.41, 5.74) is 0. The first kappa shape index (κ1) is 13.6. The predicted molar refractivity (Wildman–Crippen MR) is 68.9 cm³/mol. The largest absolute Gasteiger partial charge is 0.425 e. The number of rotatable bonds is 4. The topological polar surface area (TPSA) is 112 Å². The van der Waals surface area contributed by atoms with Crippen LogP contribution in [0.5, 0.6) is 0 Å². The van der Waals surface area contributed by atoms with Crippen LogP contribution in [0, 0.1) is 6.92 Å². The van der Waals surface area contributed by atoms with E-state index in [1.165, 1.54) is 11.8 Å². The molecule has 1 aliphatic heterocycles. The molecule has 8 nitrogen and oxygen atoms in total. The summed E-state index contributed by atoms with van der Waals surface area (Å²) in [5, 5.41) is 15.8. The highest BCUT2D eigenvalue weighted by molar-refractivity contribution is 7.98. The van der Waals surface area contributed by atoms with Gasteiger partial charge in [-0.2, -0.15) is 0 Å². The second-order valence-corrected chi connectivity index (χ2v) is 7.66. The molecule has 108 valence electrons. The second kappa shape index (κ2) is 5.17. The molecule has 20 heavy (non-hydrogen) atoms. The van der Waals surface area contributed by atoms with Crippen molar-refractivity contribution in [1.29, 1.82) is 0 Å². The molecule has 0 aliphatic carbocycles. The first-order chi connectivity index (χ1) is 9.52. The summed E-state index contributed by atoms with van der Waals surface area (Å²) in [6, 6.07) is 0. The van der Waals surface area contributed by atoms with Gasteiger partial charge in [-0.25, -0.2) is 8.42 Å². The van der Waals surface area contributed by atoms with Gasteiger partial charge in [0, 0.05) is 6.92 Å². The lowest BCUT2D eigenvalue weighted by Crippen LogP contribution is -2.03. The fourth-order valence-corrected chi connectivity index (χ4v) is 4.29. The van der Waals surface area contributed by atoms with E-state index in [0.29, 0.717) is 35.1 Å². The van der Waals surface area contributed by atoms with E-state index < -0.39 is 9.84 Å². The Labute approximate surface area is 119 Å². The zero-order valence-electron chi connectivity index (χ0n) is 10.6. The molecule has 1 aliphatic rings. The maximum Gasteiger partial charge on any atom is 0.277 e. The van der Waals surface area contributed by atoms with Crippen LogP contribution in [-0.2, 0) is 15.6 Å². The zero-order valence-corrected chi connectivity index (χ0v) is 12.3. The molecule has 1 saturated heterocycles. The van der Waals surface area contributed by atoms with Crippen molar-refractivity contribution < 1.29 is 17.3 Å². The minimum Gasteiger partial charge on any atom is -0.425 e. The van der Waals surface area contributed by atoms with E-state index in [1.54, 1.807) is 6.92 Å². The third kappa shape index (κ3) is 3.01. The van der Waals surface area contributed by atoms with Crippen molar-refractivity contribution in [3.63, 3.8) is 0 Å². The minimum atomic E-state index is -2.95. The van der Waals surface area contributed by atoms with Crippen molar-refractivity contribution in [3.8, 4) is 0 Å². The standard InChI is InChI=1S/C10H12N4O4S2/c1-6-11-12-8(17-6)4-19-10-14-13-9(18-10)7-2-3-20(15,16)5-7/h7H,2-5H2,1H3/t7-/m0/s1. The van der Waals surface area contributed by atoms with Gasteiger partial charge >= 0.3 is 0 Å². The van der Waals surface area contributed by atoms with Gasteiger partial charge in [0.2, 0.25) is 17.7 Å². The van der Waals surface area contributed by atoms with E-state index in [1.807, 2.05) is 0 Å². The third-order valence-electron chi connectivity index (χ3n) is 2.89. The number of hydrogen-bond donors (Lipinski definition) is 0. The number of aromatic nitrogens is 4. The molecule has 0 amide bonds. The average molecular weight is 316 g/mol. The van der Waals surface area contributed by atoms with Crippen molar-refractivity contribution in [2.75, 3.05) is 11.5 Å². The van der Waals surface area contributed by atoms with E-state index in [4.69, 9.17) is 8.83 Å². The summed E-state index contributed by atoms with van der Waals surface area (Å²) in [7, 11) is -2.95. The van der Waals surface area contributed by atoms with Crippen LogP contribution in [0.25, 0.3) is 0 Å². The lowest BCUT2D eigenvalue weighted by Gasteiger charge is -1.98. The molecule has 0 radical (unpaired) electrons. The first-order valence-corrected chi connectivity index (χ1v) is 8.78. The van der Waals surface area contributed by atoms with Crippen LogP contribution < -0.4 is 0 Å². The zero-order chi connectivity index (χ0) is 14.2. The molecular formula is C10H12N4O4S2. The molecule has 2 aromatic heterocycles. The van der Waals surface area contributed by atoms with E-state index in [0.717, 1.165) is 0 Å². The summed E-state index contributed by atoms with van der Waals surface area (Å²) in [6.07, 6.45) is 0.539. The van der Waals surface area contributed by atoms with Crippen LogP contribution in [-0.4, -0.2) is 40.3 Å². The van der Waals surface area contributed by atoms with E-state index >= 15 is 0 Å². The molecule has 0 saturated carbocycles. The smallest absolute Gasteiger partial charge is 0.277 e. The second-order valence-electron chi connectivity index (χ2n) is 4.51. The third-order valence-corrected chi connectivity index (χ3v) is 5.46. The lowest BCUT2D eigenvalue weighted by molar-refractivity contribution is 0.392. The molecule has 1 atom stereocenters. The fourth-order valence-electron chi connectivity index (χ4n) is 1.95. The number of hydrogen-bond acceptors (Lipinski definition) is 9. The summed E-state index contributed by atoms with van der Waals surface area (Å²) in [5.74, 6) is 1.89. The van der Waals surface area contributed by atoms with E-state index in [2.05, 4.69) is 20.4 Å². The number of aryl methyl sites for hydroxylation is 1. The Morgan fingerprint density at radius 3 is 2.75 bits per heavy atom. The van der Waals surface area contributed by atoms with Gasteiger partial charge in [-0.1, -0.05) is 11.8 Å². The van der Waals surface area contributed by atoms with Gasteiger partial charge in [-0.15, -0.1) is 20.4 Å². The molecule has 3 rings (SSSR count). The molecule has 0 bridgehead atoms. The normalized spacial score (nSPS) is 21.4. The maximum atomic E-state index is 11.4. The highest BCUT2D eigenvalue weighted by atomic mass is 32.2. The fraction of sp³-hybridized carbons (Fsp3) is 0.600. The average Bonchev–Trinajstić information content (AvgIpc) is 3.07. The van der Waals surface area contributed by atoms with Crippen molar-refractivity contribution >= 4 is 21.6 Å². The molecular weight excluding hydrogens is 304 g/mol. The Hall–Kier alpha value is -1.42. The summed E-state index contributed by atoms with van der Waals surface area (Å²) < 4.78 is 33.5.